The van der Waals surface area contributed by atoms with Gasteiger partial charge in [-0.25, -0.2) is 9.97 Å². The highest BCUT2D eigenvalue weighted by Gasteiger charge is 2.08. The minimum atomic E-state index is -0.192. The normalized spacial score (nSPS) is 10.2. The van der Waals surface area contributed by atoms with Gasteiger partial charge in [-0.15, -0.1) is 22.7 Å². The van der Waals surface area contributed by atoms with E-state index in [0.717, 1.165) is 12.1 Å². The summed E-state index contributed by atoms with van der Waals surface area (Å²) in [4.78, 5) is 19.6. The van der Waals surface area contributed by atoms with E-state index < -0.39 is 0 Å². The van der Waals surface area contributed by atoms with Gasteiger partial charge in [0, 0.05) is 23.7 Å². The predicted octanol–water partition coefficient (Wildman–Crippen LogP) is 1.15. The number of carbonyl (C=O) groups is 1. The molecule has 0 saturated carbocycles. The molecule has 0 aliphatic rings. The van der Waals surface area contributed by atoms with Crippen molar-refractivity contribution < 1.29 is 4.79 Å². The van der Waals surface area contributed by atoms with Gasteiger partial charge in [0.2, 0.25) is 0 Å². The quantitative estimate of drug-likeness (QED) is 0.857. The van der Waals surface area contributed by atoms with Crippen LogP contribution in [0.25, 0.3) is 0 Å². The molecular weight excluding hydrogens is 244 g/mol. The minimum Gasteiger partial charge on any atom is -0.375 e. The number of hydrogen-bond acceptors (Lipinski definition) is 6. The molecule has 0 atom stereocenters. The fraction of sp³-hybridized carbons (Fsp3) is 0.222. The molecule has 2 aromatic heterocycles. The Hall–Kier alpha value is -1.47. The zero-order valence-electron chi connectivity index (χ0n) is 8.34. The third kappa shape index (κ3) is 2.77. The first-order valence-corrected chi connectivity index (χ1v) is 6.44. The number of nitrogen functional groups attached to an aromatic ring is 1. The van der Waals surface area contributed by atoms with Crippen LogP contribution >= 0.6 is 22.7 Å². The molecule has 1 amide bonds. The van der Waals surface area contributed by atoms with Crippen LogP contribution < -0.4 is 11.1 Å². The zero-order chi connectivity index (χ0) is 11.4. The molecule has 0 bridgehead atoms. The van der Waals surface area contributed by atoms with Gasteiger partial charge < -0.3 is 11.1 Å². The maximum Gasteiger partial charge on any atom is 0.270 e. The lowest BCUT2D eigenvalue weighted by atomic mass is 10.3. The first-order chi connectivity index (χ1) is 7.75. The molecule has 84 valence electrons. The summed E-state index contributed by atoms with van der Waals surface area (Å²) in [6.07, 6.45) is 0.731. The number of nitrogens with one attached hydrogen (secondary N) is 1. The summed E-state index contributed by atoms with van der Waals surface area (Å²) in [5.41, 5.74) is 8.58. The number of thiazole rings is 2. The van der Waals surface area contributed by atoms with Crippen LogP contribution in [0.2, 0.25) is 0 Å². The van der Waals surface area contributed by atoms with E-state index in [9.17, 15) is 4.79 Å². The molecule has 0 radical (unpaired) electrons. The largest absolute Gasteiger partial charge is 0.375 e. The fourth-order valence-electron chi connectivity index (χ4n) is 1.15. The van der Waals surface area contributed by atoms with E-state index in [0.29, 0.717) is 17.4 Å². The van der Waals surface area contributed by atoms with Gasteiger partial charge in [-0.1, -0.05) is 0 Å². The summed E-state index contributed by atoms with van der Waals surface area (Å²) in [6.45, 7) is 0.556. The minimum absolute atomic E-state index is 0.192. The van der Waals surface area contributed by atoms with Crippen molar-refractivity contribution in [1.29, 1.82) is 0 Å². The molecule has 2 rings (SSSR count). The molecule has 0 saturated heterocycles. The van der Waals surface area contributed by atoms with E-state index >= 15 is 0 Å². The average Bonchev–Trinajstić information content (AvgIpc) is 2.89. The van der Waals surface area contributed by atoms with Crippen LogP contribution in [0.3, 0.4) is 0 Å². The lowest BCUT2D eigenvalue weighted by Gasteiger charge is -2.00. The van der Waals surface area contributed by atoms with Crippen molar-refractivity contribution in [3.05, 3.63) is 27.7 Å². The first kappa shape index (κ1) is 11.0. The Bertz CT molecular complexity index is 466. The average molecular weight is 254 g/mol. The van der Waals surface area contributed by atoms with Crippen LogP contribution in [-0.4, -0.2) is 22.4 Å². The first-order valence-electron chi connectivity index (χ1n) is 4.62. The Kier molecular flexibility index (Phi) is 3.47. The fourth-order valence-corrected chi connectivity index (χ4v) is 2.28. The second-order valence-electron chi connectivity index (χ2n) is 3.06. The summed E-state index contributed by atoms with van der Waals surface area (Å²) in [5, 5.41) is 6.78. The molecule has 3 N–H and O–H groups in total. The predicted molar refractivity (Wildman–Crippen MR) is 64.7 cm³/mol. The maximum atomic E-state index is 11.5. The van der Waals surface area contributed by atoms with Gasteiger partial charge in [-0.05, 0) is 0 Å². The molecule has 0 spiro atoms. The molecule has 0 aromatic carbocycles. The van der Waals surface area contributed by atoms with Crippen LogP contribution in [0.15, 0.2) is 16.3 Å². The Balaban J connectivity index is 1.80. The van der Waals surface area contributed by atoms with Gasteiger partial charge in [0.1, 0.15) is 5.69 Å². The molecule has 0 aliphatic carbocycles. The Morgan fingerprint density at radius 1 is 1.50 bits per heavy atom. The highest BCUT2D eigenvalue weighted by atomic mass is 32.1. The molecule has 0 fully saturated rings. The second-order valence-corrected chi connectivity index (χ2v) is 4.67. The highest BCUT2D eigenvalue weighted by molar-refractivity contribution is 7.13. The standard InChI is InChI=1S/C9H10N4OS2/c10-9-13-7(4-16-9)8(14)11-2-1-6-3-15-5-12-6/h3-5H,1-2H2,(H2,10,13)(H,11,14). The number of amides is 1. The van der Waals surface area contributed by atoms with Gasteiger partial charge in [-0.2, -0.15) is 0 Å². The monoisotopic (exact) mass is 254 g/mol. The number of nitrogens with two attached hydrogens (primary N) is 1. The van der Waals surface area contributed by atoms with Gasteiger partial charge in [0.25, 0.3) is 5.91 Å². The number of aromatic nitrogens is 2. The maximum absolute atomic E-state index is 11.5. The topological polar surface area (TPSA) is 80.9 Å². The van der Waals surface area contributed by atoms with Gasteiger partial charge in [-0.3, -0.25) is 4.79 Å². The lowest BCUT2D eigenvalue weighted by molar-refractivity contribution is 0.0950. The number of nitrogens with zero attached hydrogens (tertiary/aromatic N) is 2. The van der Waals surface area contributed by atoms with Crippen molar-refractivity contribution >= 4 is 33.7 Å². The Morgan fingerprint density at radius 2 is 2.38 bits per heavy atom. The van der Waals surface area contributed by atoms with Gasteiger partial charge in [0.15, 0.2) is 5.13 Å². The Labute approximate surface area is 100 Å². The van der Waals surface area contributed by atoms with Crippen LogP contribution in [0.4, 0.5) is 5.13 Å². The van der Waals surface area contributed by atoms with Crippen LogP contribution in [0, 0.1) is 0 Å². The molecule has 0 unspecified atom stereocenters. The van der Waals surface area contributed by atoms with Gasteiger partial charge >= 0.3 is 0 Å². The molecular formula is C9H10N4OS2. The molecule has 16 heavy (non-hydrogen) atoms. The van der Waals surface area contributed by atoms with E-state index in [2.05, 4.69) is 15.3 Å². The van der Waals surface area contributed by atoms with E-state index in [1.54, 1.807) is 22.2 Å². The van der Waals surface area contributed by atoms with Crippen LogP contribution in [0.5, 0.6) is 0 Å². The summed E-state index contributed by atoms with van der Waals surface area (Å²) in [6, 6.07) is 0. The van der Waals surface area contributed by atoms with Crippen molar-refractivity contribution in [2.75, 3.05) is 12.3 Å². The van der Waals surface area contributed by atoms with Crippen molar-refractivity contribution in [3.8, 4) is 0 Å². The third-order valence-electron chi connectivity index (χ3n) is 1.90. The van der Waals surface area contributed by atoms with Crippen molar-refractivity contribution in [2.45, 2.75) is 6.42 Å². The van der Waals surface area contributed by atoms with Crippen LogP contribution in [0.1, 0.15) is 16.2 Å². The van der Waals surface area contributed by atoms with E-state index in [1.165, 1.54) is 11.3 Å². The van der Waals surface area contributed by atoms with Gasteiger partial charge in [0.05, 0.1) is 11.2 Å². The van der Waals surface area contributed by atoms with Crippen molar-refractivity contribution in [1.82, 2.24) is 15.3 Å². The van der Waals surface area contributed by atoms with E-state index in [4.69, 9.17) is 5.73 Å². The van der Waals surface area contributed by atoms with E-state index in [1.807, 2.05) is 5.38 Å². The molecule has 5 nitrogen and oxygen atoms in total. The summed E-state index contributed by atoms with van der Waals surface area (Å²) < 4.78 is 0. The second kappa shape index (κ2) is 5.04. The third-order valence-corrected chi connectivity index (χ3v) is 3.21. The summed E-state index contributed by atoms with van der Waals surface area (Å²) >= 11 is 2.81. The van der Waals surface area contributed by atoms with Crippen molar-refractivity contribution in [3.63, 3.8) is 0 Å². The zero-order valence-corrected chi connectivity index (χ0v) is 9.98. The Morgan fingerprint density at radius 3 is 3.00 bits per heavy atom. The number of rotatable bonds is 4. The van der Waals surface area contributed by atoms with Crippen molar-refractivity contribution in [2.24, 2.45) is 0 Å². The number of hydrogen-bond donors (Lipinski definition) is 2. The molecule has 0 aliphatic heterocycles. The number of anilines is 1. The molecule has 7 heteroatoms. The number of carbonyl (C=O) groups excluding carboxylic acids is 1. The van der Waals surface area contributed by atoms with E-state index in [-0.39, 0.29) is 5.91 Å². The molecule has 2 heterocycles. The SMILES string of the molecule is Nc1nc(C(=O)NCCc2cscn2)cs1. The summed E-state index contributed by atoms with van der Waals surface area (Å²) in [5.74, 6) is -0.192. The smallest absolute Gasteiger partial charge is 0.270 e. The lowest BCUT2D eigenvalue weighted by Crippen LogP contribution is -2.26. The van der Waals surface area contributed by atoms with Crippen LogP contribution in [-0.2, 0) is 6.42 Å². The highest BCUT2D eigenvalue weighted by Crippen LogP contribution is 2.10. The summed E-state index contributed by atoms with van der Waals surface area (Å²) in [7, 11) is 0. The molecule has 2 aromatic rings.